The van der Waals surface area contributed by atoms with Crippen LogP contribution in [0.3, 0.4) is 0 Å². The standard InChI is InChI=1S/C29H31NO6/c1-4-8-18-16-19(17-24(35-3)29(18)36-15-5-2)26-27-20(9-6-11-22(27)31)30(14-13-25(33)34)21-10-7-12-23(32)28(21)26/h2,4,16-17,26H,1,6-15H2,3H3,(H,33,34). The van der Waals surface area contributed by atoms with Gasteiger partial charge in [0, 0.05) is 53.4 Å². The number of Topliss-reactive ketones (excluding diaryl/α,β-unsaturated/α-hetero) is 2. The van der Waals surface area contributed by atoms with Crippen molar-refractivity contribution in [3.8, 4) is 23.8 Å². The van der Waals surface area contributed by atoms with Gasteiger partial charge in [0.15, 0.2) is 23.1 Å². The van der Waals surface area contributed by atoms with Crippen molar-refractivity contribution >= 4 is 17.5 Å². The van der Waals surface area contributed by atoms with Crippen LogP contribution < -0.4 is 9.47 Å². The summed E-state index contributed by atoms with van der Waals surface area (Å²) in [6, 6.07) is 3.78. The fourth-order valence-electron chi connectivity index (χ4n) is 5.61. The maximum atomic E-state index is 13.4. The number of methoxy groups -OCH3 is 1. The summed E-state index contributed by atoms with van der Waals surface area (Å²) in [5.41, 5.74) is 4.48. The van der Waals surface area contributed by atoms with E-state index in [0.29, 0.717) is 67.6 Å². The molecule has 0 aromatic heterocycles. The summed E-state index contributed by atoms with van der Waals surface area (Å²) >= 11 is 0. The SMILES string of the molecule is C#CCOc1c(CC=C)cc(C2C3=C(CCCC3=O)N(CCC(=O)O)C3=C2C(=O)CCC3)cc1OC. The number of hydrogen-bond acceptors (Lipinski definition) is 6. The molecule has 0 spiro atoms. The average Bonchev–Trinajstić information content (AvgIpc) is 2.86. The molecule has 1 aromatic carbocycles. The second-order valence-electron chi connectivity index (χ2n) is 9.20. The summed E-state index contributed by atoms with van der Waals surface area (Å²) in [6.07, 6.45) is 11.1. The first kappa shape index (κ1) is 25.3. The third-order valence-corrected chi connectivity index (χ3v) is 7.01. The monoisotopic (exact) mass is 489 g/mol. The number of carboxylic acids is 1. The van der Waals surface area contributed by atoms with Gasteiger partial charge in [-0.15, -0.1) is 13.0 Å². The Kier molecular flexibility index (Phi) is 7.64. The first-order chi connectivity index (χ1) is 17.4. The van der Waals surface area contributed by atoms with Gasteiger partial charge in [0.1, 0.15) is 6.61 Å². The number of benzene rings is 1. The first-order valence-corrected chi connectivity index (χ1v) is 12.3. The van der Waals surface area contributed by atoms with Crippen LogP contribution in [0.5, 0.6) is 11.5 Å². The van der Waals surface area contributed by atoms with Gasteiger partial charge in [0.2, 0.25) is 0 Å². The second-order valence-corrected chi connectivity index (χ2v) is 9.20. The van der Waals surface area contributed by atoms with Crippen molar-refractivity contribution in [2.75, 3.05) is 20.3 Å². The molecule has 0 radical (unpaired) electrons. The summed E-state index contributed by atoms with van der Waals surface area (Å²) in [5.74, 6) is 2.03. The van der Waals surface area contributed by atoms with Gasteiger partial charge < -0.3 is 19.5 Å². The van der Waals surface area contributed by atoms with Crippen LogP contribution in [0.15, 0.2) is 47.3 Å². The van der Waals surface area contributed by atoms with Gasteiger partial charge in [-0.2, -0.15) is 0 Å². The van der Waals surface area contributed by atoms with Crippen molar-refractivity contribution in [3.63, 3.8) is 0 Å². The molecule has 1 aromatic rings. The molecule has 4 rings (SSSR count). The van der Waals surface area contributed by atoms with Crippen LogP contribution in [-0.4, -0.2) is 47.8 Å². The lowest BCUT2D eigenvalue weighted by molar-refractivity contribution is -0.137. The summed E-state index contributed by atoms with van der Waals surface area (Å²) in [4.78, 5) is 40.2. The second kappa shape index (κ2) is 10.9. The molecule has 1 aliphatic heterocycles. The molecule has 1 heterocycles. The highest BCUT2D eigenvalue weighted by atomic mass is 16.5. The zero-order chi connectivity index (χ0) is 25.8. The van der Waals surface area contributed by atoms with E-state index in [1.807, 2.05) is 17.0 Å². The van der Waals surface area contributed by atoms with E-state index in [4.69, 9.17) is 15.9 Å². The number of aliphatic carboxylic acids is 1. The van der Waals surface area contributed by atoms with Crippen LogP contribution in [0.25, 0.3) is 0 Å². The van der Waals surface area contributed by atoms with Crippen LogP contribution in [0, 0.1) is 12.3 Å². The van der Waals surface area contributed by atoms with Gasteiger partial charge in [-0.25, -0.2) is 0 Å². The van der Waals surface area contributed by atoms with Crippen molar-refractivity contribution in [1.82, 2.24) is 4.90 Å². The lowest BCUT2D eigenvalue weighted by atomic mass is 9.70. The minimum Gasteiger partial charge on any atom is -0.493 e. The van der Waals surface area contributed by atoms with Crippen molar-refractivity contribution in [1.29, 1.82) is 0 Å². The Bertz CT molecular complexity index is 1170. The van der Waals surface area contributed by atoms with Crippen LogP contribution in [0.2, 0.25) is 0 Å². The quantitative estimate of drug-likeness (QED) is 0.408. The van der Waals surface area contributed by atoms with Gasteiger partial charge in [0.05, 0.1) is 13.5 Å². The molecule has 1 N–H and O–H groups in total. The molecular weight excluding hydrogens is 458 g/mol. The molecule has 2 aliphatic carbocycles. The number of terminal acetylenes is 1. The molecule has 0 bridgehead atoms. The Morgan fingerprint density at radius 3 is 2.33 bits per heavy atom. The van der Waals surface area contributed by atoms with Gasteiger partial charge in [-0.1, -0.05) is 18.1 Å². The van der Waals surface area contributed by atoms with Crippen LogP contribution >= 0.6 is 0 Å². The van der Waals surface area contributed by atoms with Crippen LogP contribution in [-0.2, 0) is 20.8 Å². The number of rotatable bonds is 9. The highest BCUT2D eigenvalue weighted by Crippen LogP contribution is 2.50. The Balaban J connectivity index is 1.94. The maximum Gasteiger partial charge on any atom is 0.305 e. The predicted molar refractivity (Wildman–Crippen MR) is 135 cm³/mol. The van der Waals surface area contributed by atoms with Gasteiger partial charge in [-0.05, 0) is 43.7 Å². The van der Waals surface area contributed by atoms with Gasteiger partial charge in [-0.3, -0.25) is 14.4 Å². The molecule has 0 unspecified atom stereocenters. The third-order valence-electron chi connectivity index (χ3n) is 7.01. The van der Waals surface area contributed by atoms with E-state index in [9.17, 15) is 19.5 Å². The molecule has 0 saturated carbocycles. The summed E-state index contributed by atoms with van der Waals surface area (Å²) < 4.78 is 11.5. The Morgan fingerprint density at radius 2 is 1.81 bits per heavy atom. The molecule has 0 fully saturated rings. The van der Waals surface area contributed by atoms with E-state index in [0.717, 1.165) is 22.5 Å². The number of carbonyl (C=O) groups excluding carboxylic acids is 2. The maximum absolute atomic E-state index is 13.4. The molecule has 188 valence electrons. The highest BCUT2D eigenvalue weighted by molar-refractivity contribution is 6.06. The minimum atomic E-state index is -0.910. The van der Waals surface area contributed by atoms with E-state index >= 15 is 0 Å². The number of carbonyl (C=O) groups is 3. The molecule has 7 nitrogen and oxygen atoms in total. The Labute approximate surface area is 211 Å². The predicted octanol–water partition coefficient (Wildman–Crippen LogP) is 4.32. The lowest BCUT2D eigenvalue weighted by Gasteiger charge is -2.44. The van der Waals surface area contributed by atoms with Gasteiger partial charge in [0.25, 0.3) is 0 Å². The minimum absolute atomic E-state index is 0.00314. The largest absolute Gasteiger partial charge is 0.493 e. The normalized spacial score (nSPS) is 17.9. The van der Waals surface area contributed by atoms with Crippen molar-refractivity contribution < 1.29 is 29.0 Å². The Morgan fingerprint density at radius 1 is 1.17 bits per heavy atom. The molecule has 0 amide bonds. The van der Waals surface area contributed by atoms with Gasteiger partial charge >= 0.3 is 5.97 Å². The van der Waals surface area contributed by atoms with E-state index in [1.54, 1.807) is 13.2 Å². The molecule has 7 heteroatoms. The highest BCUT2D eigenvalue weighted by Gasteiger charge is 2.43. The summed E-state index contributed by atoms with van der Waals surface area (Å²) in [5, 5.41) is 9.36. The molecular formula is C29H31NO6. The molecule has 0 saturated heterocycles. The first-order valence-electron chi connectivity index (χ1n) is 12.3. The summed E-state index contributed by atoms with van der Waals surface area (Å²) in [7, 11) is 1.54. The number of carboxylic acid groups (broad SMARTS) is 1. The average molecular weight is 490 g/mol. The zero-order valence-corrected chi connectivity index (χ0v) is 20.6. The van der Waals surface area contributed by atoms with Crippen molar-refractivity contribution in [3.05, 3.63) is 58.5 Å². The third kappa shape index (κ3) is 4.68. The van der Waals surface area contributed by atoms with E-state index in [2.05, 4.69) is 12.5 Å². The smallest absolute Gasteiger partial charge is 0.305 e. The number of nitrogens with zero attached hydrogens (tertiary/aromatic N) is 1. The molecule has 0 atom stereocenters. The molecule has 36 heavy (non-hydrogen) atoms. The lowest BCUT2D eigenvalue weighted by Crippen LogP contribution is -2.40. The van der Waals surface area contributed by atoms with Crippen molar-refractivity contribution in [2.45, 2.75) is 57.3 Å². The number of ether oxygens (including phenoxy) is 2. The molecule has 3 aliphatic rings. The Hall–Kier alpha value is -3.79. The number of allylic oxidation sites excluding steroid dienone is 5. The number of hydrogen-bond donors (Lipinski definition) is 1. The van der Waals surface area contributed by atoms with E-state index in [-0.39, 0.29) is 31.1 Å². The van der Waals surface area contributed by atoms with E-state index < -0.39 is 11.9 Å². The fourth-order valence-corrected chi connectivity index (χ4v) is 5.61. The van der Waals surface area contributed by atoms with Crippen LogP contribution in [0.4, 0.5) is 0 Å². The summed E-state index contributed by atoms with van der Waals surface area (Å²) in [6.45, 7) is 4.17. The van der Waals surface area contributed by atoms with Crippen molar-refractivity contribution in [2.24, 2.45) is 0 Å². The topological polar surface area (TPSA) is 93.1 Å². The number of ketones is 2. The zero-order valence-electron chi connectivity index (χ0n) is 20.6. The van der Waals surface area contributed by atoms with Crippen LogP contribution in [0.1, 0.15) is 62.0 Å². The van der Waals surface area contributed by atoms with E-state index in [1.165, 1.54) is 0 Å². The fraction of sp³-hybridized carbons (Fsp3) is 0.414.